The summed E-state index contributed by atoms with van der Waals surface area (Å²) in [5.74, 6) is -0.578. The third-order valence-electron chi connectivity index (χ3n) is 4.87. The molecule has 3 rings (SSSR count). The van der Waals surface area contributed by atoms with Gasteiger partial charge in [-0.05, 0) is 43.7 Å². The Labute approximate surface area is 197 Å². The standard InChI is InChI=1S/C22H26N2O6S3/c1-3-30-14-13-24-19-12-11-18(32(2,26)27)16-20(19)31-22(24)23-21(25)10-7-15-33(28,29)17-8-5-4-6-9-17/h4-6,8-9,11-12,16H,3,7,10,13-15H2,1-2H3. The van der Waals surface area contributed by atoms with Crippen molar-refractivity contribution in [3.8, 4) is 0 Å². The second-order valence-electron chi connectivity index (χ2n) is 7.38. The Kier molecular flexibility index (Phi) is 8.22. The minimum absolute atomic E-state index is 0.0135. The van der Waals surface area contributed by atoms with Crippen molar-refractivity contribution in [1.29, 1.82) is 0 Å². The van der Waals surface area contributed by atoms with Crippen LogP contribution in [-0.2, 0) is 35.8 Å². The first-order valence-electron chi connectivity index (χ1n) is 10.4. The molecule has 33 heavy (non-hydrogen) atoms. The average Bonchev–Trinajstić information content (AvgIpc) is 3.10. The number of amides is 1. The topological polar surface area (TPSA) is 112 Å². The van der Waals surface area contributed by atoms with Gasteiger partial charge in [0, 0.05) is 25.8 Å². The molecule has 178 valence electrons. The van der Waals surface area contributed by atoms with E-state index in [2.05, 4.69) is 4.99 Å². The number of sulfone groups is 2. The Bertz CT molecular complexity index is 1410. The number of fused-ring (bicyclic) bond motifs is 1. The molecule has 0 bridgehead atoms. The van der Waals surface area contributed by atoms with E-state index >= 15 is 0 Å². The van der Waals surface area contributed by atoms with Crippen molar-refractivity contribution in [2.75, 3.05) is 25.2 Å². The lowest BCUT2D eigenvalue weighted by Gasteiger charge is -2.06. The Morgan fingerprint density at radius 3 is 2.45 bits per heavy atom. The van der Waals surface area contributed by atoms with Gasteiger partial charge in [-0.25, -0.2) is 16.8 Å². The number of ether oxygens (including phenoxy) is 1. The molecule has 1 heterocycles. The predicted octanol–water partition coefficient (Wildman–Crippen LogP) is 2.82. The summed E-state index contributed by atoms with van der Waals surface area (Å²) < 4.78 is 56.6. The number of nitrogens with zero attached hydrogens (tertiary/aromatic N) is 2. The van der Waals surface area contributed by atoms with Crippen molar-refractivity contribution >= 4 is 47.1 Å². The minimum Gasteiger partial charge on any atom is -0.380 e. The lowest BCUT2D eigenvalue weighted by Crippen LogP contribution is -2.20. The summed E-state index contributed by atoms with van der Waals surface area (Å²) in [6.07, 6.45) is 1.28. The van der Waals surface area contributed by atoms with Gasteiger partial charge < -0.3 is 9.30 Å². The van der Waals surface area contributed by atoms with Gasteiger partial charge in [0.05, 0.1) is 32.4 Å². The van der Waals surface area contributed by atoms with Gasteiger partial charge in [-0.3, -0.25) is 4.79 Å². The molecule has 0 aliphatic carbocycles. The van der Waals surface area contributed by atoms with E-state index < -0.39 is 25.6 Å². The van der Waals surface area contributed by atoms with Gasteiger partial charge in [-0.1, -0.05) is 29.5 Å². The van der Waals surface area contributed by atoms with E-state index in [0.717, 1.165) is 11.8 Å². The molecule has 0 unspecified atom stereocenters. The first kappa shape index (κ1) is 25.3. The largest absolute Gasteiger partial charge is 0.380 e. The van der Waals surface area contributed by atoms with Crippen LogP contribution in [0.2, 0.25) is 0 Å². The monoisotopic (exact) mass is 510 g/mol. The Morgan fingerprint density at radius 2 is 1.79 bits per heavy atom. The summed E-state index contributed by atoms with van der Waals surface area (Å²) in [6.45, 7) is 3.28. The lowest BCUT2D eigenvalue weighted by atomic mass is 10.3. The van der Waals surface area contributed by atoms with Gasteiger partial charge in [-0.2, -0.15) is 4.99 Å². The minimum atomic E-state index is -3.46. The van der Waals surface area contributed by atoms with Crippen molar-refractivity contribution in [3.63, 3.8) is 0 Å². The summed E-state index contributed by atoms with van der Waals surface area (Å²) in [6, 6.07) is 12.9. The number of hydrogen-bond acceptors (Lipinski definition) is 7. The first-order valence-corrected chi connectivity index (χ1v) is 14.7. The second kappa shape index (κ2) is 10.7. The third-order valence-corrected chi connectivity index (χ3v) is 8.84. The highest BCUT2D eigenvalue weighted by Crippen LogP contribution is 2.22. The first-order chi connectivity index (χ1) is 15.6. The number of carbonyl (C=O) groups excluding carboxylic acids is 1. The van der Waals surface area contributed by atoms with E-state index in [9.17, 15) is 21.6 Å². The van der Waals surface area contributed by atoms with Crippen molar-refractivity contribution < 1.29 is 26.4 Å². The predicted molar refractivity (Wildman–Crippen MR) is 128 cm³/mol. The van der Waals surface area contributed by atoms with Crippen molar-refractivity contribution in [2.24, 2.45) is 4.99 Å². The van der Waals surface area contributed by atoms with E-state index in [-0.39, 0.29) is 28.4 Å². The maximum absolute atomic E-state index is 12.5. The van der Waals surface area contributed by atoms with Crippen LogP contribution in [0, 0.1) is 0 Å². The molecule has 0 saturated heterocycles. The zero-order valence-electron chi connectivity index (χ0n) is 18.4. The summed E-state index contributed by atoms with van der Waals surface area (Å²) in [5.41, 5.74) is 0.755. The van der Waals surface area contributed by atoms with E-state index in [1.54, 1.807) is 30.3 Å². The van der Waals surface area contributed by atoms with Gasteiger partial charge in [0.25, 0.3) is 0 Å². The number of carbonyl (C=O) groups is 1. The summed E-state index contributed by atoms with van der Waals surface area (Å²) in [7, 11) is -6.83. The van der Waals surface area contributed by atoms with Crippen LogP contribution in [0.15, 0.2) is 63.3 Å². The van der Waals surface area contributed by atoms with E-state index in [4.69, 9.17) is 4.74 Å². The van der Waals surface area contributed by atoms with Gasteiger partial charge >= 0.3 is 0 Å². The fourth-order valence-electron chi connectivity index (χ4n) is 3.21. The van der Waals surface area contributed by atoms with E-state index in [0.29, 0.717) is 29.3 Å². The summed E-state index contributed by atoms with van der Waals surface area (Å²) in [5, 5.41) is 0. The number of hydrogen-bond donors (Lipinski definition) is 0. The molecule has 0 aliphatic heterocycles. The lowest BCUT2D eigenvalue weighted by molar-refractivity contribution is -0.118. The maximum Gasteiger partial charge on any atom is 0.248 e. The number of benzene rings is 2. The fourth-order valence-corrected chi connectivity index (χ4v) is 6.37. The van der Waals surface area contributed by atoms with Crippen LogP contribution in [0.25, 0.3) is 10.2 Å². The van der Waals surface area contributed by atoms with Crippen molar-refractivity contribution in [2.45, 2.75) is 36.1 Å². The molecule has 8 nitrogen and oxygen atoms in total. The Balaban J connectivity index is 1.83. The van der Waals surface area contributed by atoms with Crippen LogP contribution in [0.5, 0.6) is 0 Å². The average molecular weight is 511 g/mol. The smallest absolute Gasteiger partial charge is 0.248 e. The Hall–Kier alpha value is -2.34. The van der Waals surface area contributed by atoms with Crippen LogP contribution in [0.3, 0.4) is 0 Å². The molecule has 0 radical (unpaired) electrons. The van der Waals surface area contributed by atoms with Gasteiger partial charge in [0.2, 0.25) is 5.91 Å². The normalized spacial score (nSPS) is 13.0. The third kappa shape index (κ3) is 6.59. The molecular formula is C22H26N2O6S3. The molecule has 11 heteroatoms. The quantitative estimate of drug-likeness (QED) is 0.388. The van der Waals surface area contributed by atoms with Crippen molar-refractivity contribution in [3.05, 3.63) is 53.3 Å². The van der Waals surface area contributed by atoms with E-state index in [1.807, 2.05) is 11.5 Å². The highest BCUT2D eigenvalue weighted by molar-refractivity contribution is 7.91. The fraction of sp³-hybridized carbons (Fsp3) is 0.364. The molecule has 1 aromatic heterocycles. The molecule has 2 aromatic carbocycles. The van der Waals surface area contributed by atoms with Crippen LogP contribution in [0.1, 0.15) is 19.8 Å². The van der Waals surface area contributed by atoms with Crippen LogP contribution >= 0.6 is 11.3 Å². The van der Waals surface area contributed by atoms with Gasteiger partial charge in [0.15, 0.2) is 24.5 Å². The Morgan fingerprint density at radius 1 is 1.06 bits per heavy atom. The molecule has 0 N–H and O–H groups in total. The zero-order valence-corrected chi connectivity index (χ0v) is 20.9. The molecule has 0 fully saturated rings. The van der Waals surface area contributed by atoms with Crippen LogP contribution in [-0.4, -0.2) is 52.5 Å². The summed E-state index contributed by atoms with van der Waals surface area (Å²) in [4.78, 5) is 17.6. The highest BCUT2D eigenvalue weighted by atomic mass is 32.2. The SMILES string of the molecule is CCOCCn1c(=NC(=O)CCCS(=O)(=O)c2ccccc2)sc2cc(S(C)(=O)=O)ccc21. The molecular weight excluding hydrogens is 484 g/mol. The number of aromatic nitrogens is 1. The molecule has 0 spiro atoms. The molecule has 3 aromatic rings. The summed E-state index contributed by atoms with van der Waals surface area (Å²) >= 11 is 1.21. The van der Waals surface area contributed by atoms with Gasteiger partial charge in [-0.15, -0.1) is 0 Å². The van der Waals surface area contributed by atoms with Crippen LogP contribution in [0.4, 0.5) is 0 Å². The van der Waals surface area contributed by atoms with Crippen LogP contribution < -0.4 is 4.80 Å². The number of thiazole rings is 1. The van der Waals surface area contributed by atoms with Gasteiger partial charge in [0.1, 0.15) is 0 Å². The second-order valence-corrected chi connectivity index (χ2v) is 12.5. The zero-order chi connectivity index (χ0) is 24.1. The maximum atomic E-state index is 12.5. The number of rotatable bonds is 10. The van der Waals surface area contributed by atoms with Crippen molar-refractivity contribution in [1.82, 2.24) is 4.57 Å². The molecule has 1 amide bonds. The molecule has 0 aliphatic rings. The highest BCUT2D eigenvalue weighted by Gasteiger charge is 2.16. The molecule has 0 atom stereocenters. The molecule has 0 saturated carbocycles. The van der Waals surface area contributed by atoms with E-state index in [1.165, 1.54) is 29.5 Å².